The fraction of sp³-hybridized carbons (Fsp3) is 0.333. The third-order valence-corrected chi connectivity index (χ3v) is 3.29. The first kappa shape index (κ1) is 13.2. The number of tetrazole rings is 1. The lowest BCUT2D eigenvalue weighted by Crippen LogP contribution is -2.15. The minimum atomic E-state index is -0.884. The summed E-state index contributed by atoms with van der Waals surface area (Å²) in [5, 5.41) is 24.8. The van der Waals surface area contributed by atoms with E-state index in [2.05, 4.69) is 25.6 Å². The van der Waals surface area contributed by atoms with Crippen LogP contribution in [0.25, 0.3) is 16.9 Å². The summed E-state index contributed by atoms with van der Waals surface area (Å²) in [7, 11) is 0. The minimum absolute atomic E-state index is 0.0357. The molecule has 3 aromatic rings. The monoisotopic (exact) mass is 287 g/mol. The highest BCUT2D eigenvalue weighted by atomic mass is 16.4. The van der Waals surface area contributed by atoms with E-state index < -0.39 is 5.97 Å². The van der Waals surface area contributed by atoms with E-state index >= 15 is 0 Å². The number of hydrogen-bond acceptors (Lipinski definition) is 6. The molecule has 0 aromatic carbocycles. The normalized spacial score (nSPS) is 12.6. The quantitative estimate of drug-likeness (QED) is 0.739. The second-order valence-electron chi connectivity index (χ2n) is 4.57. The Hall–Kier alpha value is -2.84. The molecule has 108 valence electrons. The van der Waals surface area contributed by atoms with E-state index in [1.165, 1.54) is 4.68 Å². The molecule has 0 saturated carbocycles. The van der Waals surface area contributed by atoms with Gasteiger partial charge in [-0.15, -0.1) is 5.10 Å². The van der Waals surface area contributed by atoms with Crippen molar-refractivity contribution in [2.24, 2.45) is 0 Å². The van der Waals surface area contributed by atoms with Crippen LogP contribution in [-0.2, 0) is 4.79 Å². The van der Waals surface area contributed by atoms with Gasteiger partial charge in [0.15, 0.2) is 5.82 Å². The van der Waals surface area contributed by atoms with Crippen molar-refractivity contribution in [1.29, 1.82) is 0 Å². The Bertz CT molecular complexity index is 779. The van der Waals surface area contributed by atoms with Crippen LogP contribution in [-0.4, -0.2) is 45.9 Å². The SMILES string of the molecule is CCC(CC(=O)O)n1nnnc1-c1cnn2ccncc12. The molecule has 1 N–H and O–H groups in total. The molecule has 3 heterocycles. The average molecular weight is 287 g/mol. The van der Waals surface area contributed by atoms with E-state index in [1.54, 1.807) is 29.3 Å². The van der Waals surface area contributed by atoms with Crippen LogP contribution in [0.5, 0.6) is 0 Å². The maximum Gasteiger partial charge on any atom is 0.305 e. The van der Waals surface area contributed by atoms with Crippen LogP contribution in [0, 0.1) is 0 Å². The third-order valence-electron chi connectivity index (χ3n) is 3.29. The zero-order valence-corrected chi connectivity index (χ0v) is 11.3. The molecule has 9 heteroatoms. The van der Waals surface area contributed by atoms with Gasteiger partial charge < -0.3 is 5.11 Å². The number of nitrogens with zero attached hydrogens (tertiary/aromatic N) is 7. The van der Waals surface area contributed by atoms with Gasteiger partial charge in [-0.05, 0) is 16.8 Å². The Labute approximate surface area is 119 Å². The Morgan fingerprint density at radius 1 is 1.43 bits per heavy atom. The first-order valence-electron chi connectivity index (χ1n) is 6.48. The summed E-state index contributed by atoms with van der Waals surface area (Å²) in [4.78, 5) is 15.0. The van der Waals surface area contributed by atoms with Crippen LogP contribution in [0.4, 0.5) is 0 Å². The smallest absolute Gasteiger partial charge is 0.305 e. The van der Waals surface area contributed by atoms with Crippen molar-refractivity contribution in [2.75, 3.05) is 0 Å². The summed E-state index contributed by atoms with van der Waals surface area (Å²) < 4.78 is 3.21. The lowest BCUT2D eigenvalue weighted by Gasteiger charge is -2.13. The van der Waals surface area contributed by atoms with Crippen molar-refractivity contribution < 1.29 is 9.90 Å². The summed E-state index contributed by atoms with van der Waals surface area (Å²) in [6.45, 7) is 1.90. The predicted molar refractivity (Wildman–Crippen MR) is 71.4 cm³/mol. The van der Waals surface area contributed by atoms with Gasteiger partial charge >= 0.3 is 5.97 Å². The van der Waals surface area contributed by atoms with Gasteiger partial charge in [-0.25, -0.2) is 9.20 Å². The molecule has 0 fully saturated rings. The number of aromatic nitrogens is 7. The fourth-order valence-corrected chi connectivity index (χ4v) is 2.23. The van der Waals surface area contributed by atoms with Gasteiger partial charge in [0.25, 0.3) is 0 Å². The first-order chi connectivity index (χ1) is 10.2. The Morgan fingerprint density at radius 3 is 3.05 bits per heavy atom. The van der Waals surface area contributed by atoms with Crippen LogP contribution < -0.4 is 0 Å². The highest BCUT2D eigenvalue weighted by Crippen LogP contribution is 2.25. The molecule has 1 atom stereocenters. The zero-order chi connectivity index (χ0) is 14.8. The maximum atomic E-state index is 11.0. The van der Waals surface area contributed by atoms with Crippen LogP contribution in [0.3, 0.4) is 0 Å². The van der Waals surface area contributed by atoms with Gasteiger partial charge in [0.05, 0.1) is 35.9 Å². The van der Waals surface area contributed by atoms with Crippen molar-refractivity contribution in [1.82, 2.24) is 34.8 Å². The van der Waals surface area contributed by atoms with Crippen molar-refractivity contribution >= 4 is 11.5 Å². The number of fused-ring (bicyclic) bond motifs is 1. The number of carbonyl (C=O) groups is 1. The van der Waals surface area contributed by atoms with Gasteiger partial charge in [-0.2, -0.15) is 5.10 Å². The van der Waals surface area contributed by atoms with E-state index in [0.29, 0.717) is 12.2 Å². The molecule has 1 unspecified atom stereocenters. The topological polar surface area (TPSA) is 111 Å². The van der Waals surface area contributed by atoms with E-state index in [9.17, 15) is 4.79 Å². The Kier molecular flexibility index (Phi) is 3.30. The average Bonchev–Trinajstić information content (AvgIpc) is 3.10. The molecule has 3 rings (SSSR count). The number of rotatable bonds is 5. The minimum Gasteiger partial charge on any atom is -0.481 e. The van der Waals surface area contributed by atoms with Crippen molar-refractivity contribution in [2.45, 2.75) is 25.8 Å². The molecule has 9 nitrogen and oxygen atoms in total. The molecule has 0 aliphatic heterocycles. The maximum absolute atomic E-state index is 11.0. The van der Waals surface area contributed by atoms with Gasteiger partial charge in [0.1, 0.15) is 0 Å². The molecule has 0 saturated heterocycles. The molecular weight excluding hydrogens is 274 g/mol. The summed E-state index contributed by atoms with van der Waals surface area (Å²) in [6, 6.07) is -0.306. The van der Waals surface area contributed by atoms with Gasteiger partial charge in [-0.1, -0.05) is 6.92 Å². The largest absolute Gasteiger partial charge is 0.481 e. The van der Waals surface area contributed by atoms with Gasteiger partial charge in [-0.3, -0.25) is 9.78 Å². The van der Waals surface area contributed by atoms with Crippen molar-refractivity contribution in [3.8, 4) is 11.4 Å². The van der Waals surface area contributed by atoms with E-state index in [0.717, 1.165) is 11.1 Å². The molecule has 0 radical (unpaired) electrons. The van der Waals surface area contributed by atoms with E-state index in [1.807, 2.05) is 6.92 Å². The van der Waals surface area contributed by atoms with Gasteiger partial charge in [0.2, 0.25) is 0 Å². The summed E-state index contributed by atoms with van der Waals surface area (Å²) in [6.07, 6.45) is 7.24. The number of hydrogen-bond donors (Lipinski definition) is 1. The number of carboxylic acids is 1. The number of aliphatic carboxylic acids is 1. The zero-order valence-electron chi connectivity index (χ0n) is 11.3. The standard InChI is InChI=1S/C12H13N7O2/c1-2-8(5-11(20)21)19-12(15-16-17-19)9-6-14-18-4-3-13-7-10(9)18/h3-4,6-8H,2,5H2,1H3,(H,20,21). The van der Waals surface area contributed by atoms with Gasteiger partial charge in [0, 0.05) is 12.4 Å². The molecule has 0 amide bonds. The highest BCUT2D eigenvalue weighted by Gasteiger charge is 2.21. The summed E-state index contributed by atoms with van der Waals surface area (Å²) in [5.41, 5.74) is 1.48. The van der Waals surface area contributed by atoms with E-state index in [-0.39, 0.29) is 12.5 Å². The Morgan fingerprint density at radius 2 is 2.29 bits per heavy atom. The molecule has 0 aliphatic carbocycles. The van der Waals surface area contributed by atoms with Crippen molar-refractivity contribution in [3.63, 3.8) is 0 Å². The second kappa shape index (κ2) is 5.27. The lowest BCUT2D eigenvalue weighted by atomic mass is 10.1. The van der Waals surface area contributed by atoms with E-state index in [4.69, 9.17) is 5.11 Å². The third kappa shape index (κ3) is 2.33. The molecular formula is C12H13N7O2. The molecule has 3 aromatic heterocycles. The Balaban J connectivity index is 2.08. The molecule has 21 heavy (non-hydrogen) atoms. The highest BCUT2D eigenvalue weighted by molar-refractivity contribution is 5.75. The summed E-state index contributed by atoms with van der Waals surface area (Å²) >= 11 is 0. The fourth-order valence-electron chi connectivity index (χ4n) is 2.23. The molecule has 0 spiro atoms. The summed E-state index contributed by atoms with van der Waals surface area (Å²) in [5.74, 6) is -0.393. The molecule has 0 bridgehead atoms. The molecule has 0 aliphatic rings. The van der Waals surface area contributed by atoms with Crippen molar-refractivity contribution in [3.05, 3.63) is 24.8 Å². The number of carboxylic acid groups (broad SMARTS) is 1. The second-order valence-corrected chi connectivity index (χ2v) is 4.57. The first-order valence-corrected chi connectivity index (χ1v) is 6.48. The lowest BCUT2D eigenvalue weighted by molar-refractivity contribution is -0.138. The van der Waals surface area contributed by atoms with Crippen LogP contribution in [0.2, 0.25) is 0 Å². The van der Waals surface area contributed by atoms with Crippen LogP contribution >= 0.6 is 0 Å². The predicted octanol–water partition coefficient (Wildman–Crippen LogP) is 0.809. The van der Waals surface area contributed by atoms with Crippen LogP contribution in [0.15, 0.2) is 24.8 Å². The van der Waals surface area contributed by atoms with Crippen LogP contribution in [0.1, 0.15) is 25.8 Å².